The van der Waals surface area contributed by atoms with Crippen molar-refractivity contribution in [2.24, 2.45) is 0 Å². The number of nitrogens with zero attached hydrogens (tertiary/aromatic N) is 2. The Kier molecular flexibility index (Phi) is 3.74. The van der Waals surface area contributed by atoms with Crippen molar-refractivity contribution in [3.8, 4) is 0 Å². The average molecular weight is 243 g/mol. The fourth-order valence-electron chi connectivity index (χ4n) is 1.13. The molecule has 0 saturated heterocycles. The summed E-state index contributed by atoms with van der Waals surface area (Å²) < 4.78 is 26.0. The minimum Gasteiger partial charge on any atom is -0.376 e. The first-order valence-electron chi connectivity index (χ1n) is 4.97. The van der Waals surface area contributed by atoms with E-state index >= 15 is 0 Å². The SMILES string of the molecule is CC(C)S(=O)(=O)Nc1cnccc1N(C)C. The summed E-state index contributed by atoms with van der Waals surface area (Å²) in [6, 6.07) is 1.76. The van der Waals surface area contributed by atoms with Gasteiger partial charge in [-0.2, -0.15) is 0 Å². The number of aromatic nitrogens is 1. The van der Waals surface area contributed by atoms with Gasteiger partial charge in [0.1, 0.15) is 0 Å². The quantitative estimate of drug-likeness (QED) is 0.865. The lowest BCUT2D eigenvalue weighted by Crippen LogP contribution is -2.24. The molecule has 0 aliphatic carbocycles. The Hall–Kier alpha value is -1.30. The van der Waals surface area contributed by atoms with Crippen molar-refractivity contribution in [2.45, 2.75) is 19.1 Å². The third-order valence-corrected chi connectivity index (χ3v) is 3.90. The van der Waals surface area contributed by atoms with Crippen LogP contribution in [0.5, 0.6) is 0 Å². The van der Waals surface area contributed by atoms with Crippen molar-refractivity contribution in [3.05, 3.63) is 18.5 Å². The lowest BCUT2D eigenvalue weighted by molar-refractivity contribution is 0.592. The molecule has 0 aliphatic heterocycles. The Morgan fingerprint density at radius 1 is 1.38 bits per heavy atom. The van der Waals surface area contributed by atoms with Crippen LogP contribution in [0.4, 0.5) is 11.4 Å². The van der Waals surface area contributed by atoms with Crippen molar-refractivity contribution < 1.29 is 8.42 Å². The first-order valence-corrected chi connectivity index (χ1v) is 6.52. The molecule has 16 heavy (non-hydrogen) atoms. The van der Waals surface area contributed by atoms with E-state index in [1.54, 1.807) is 26.1 Å². The Balaban J connectivity index is 3.07. The number of sulfonamides is 1. The average Bonchev–Trinajstić information content (AvgIpc) is 2.17. The van der Waals surface area contributed by atoms with E-state index in [1.807, 2.05) is 19.0 Å². The summed E-state index contributed by atoms with van der Waals surface area (Å²) in [4.78, 5) is 5.75. The van der Waals surface area contributed by atoms with Gasteiger partial charge in [-0.3, -0.25) is 9.71 Å². The molecule has 1 rings (SSSR count). The van der Waals surface area contributed by atoms with Gasteiger partial charge in [0.25, 0.3) is 0 Å². The molecule has 0 bridgehead atoms. The molecule has 0 unspecified atom stereocenters. The molecule has 6 heteroatoms. The Morgan fingerprint density at radius 3 is 2.50 bits per heavy atom. The van der Waals surface area contributed by atoms with E-state index in [1.165, 1.54) is 6.20 Å². The van der Waals surface area contributed by atoms with Gasteiger partial charge in [-0.05, 0) is 19.9 Å². The molecule has 1 heterocycles. The summed E-state index contributed by atoms with van der Waals surface area (Å²) in [6.45, 7) is 3.27. The summed E-state index contributed by atoms with van der Waals surface area (Å²) in [5.74, 6) is 0. The zero-order chi connectivity index (χ0) is 12.3. The normalized spacial score (nSPS) is 11.6. The Bertz CT molecular complexity index is 455. The van der Waals surface area contributed by atoms with Gasteiger partial charge in [-0.1, -0.05) is 0 Å². The molecule has 0 spiro atoms. The Morgan fingerprint density at radius 2 is 2.00 bits per heavy atom. The summed E-state index contributed by atoms with van der Waals surface area (Å²) in [7, 11) is 0.375. The van der Waals surface area contributed by atoms with E-state index in [4.69, 9.17) is 0 Å². The summed E-state index contributed by atoms with van der Waals surface area (Å²) in [6.07, 6.45) is 3.14. The molecule has 1 aromatic rings. The van der Waals surface area contributed by atoms with Crippen LogP contribution >= 0.6 is 0 Å². The minimum absolute atomic E-state index is 0.470. The maximum Gasteiger partial charge on any atom is 0.235 e. The lowest BCUT2D eigenvalue weighted by Gasteiger charge is -2.18. The first kappa shape index (κ1) is 12.8. The molecule has 1 N–H and O–H groups in total. The predicted octanol–water partition coefficient (Wildman–Crippen LogP) is 1.30. The first-order chi connectivity index (χ1) is 7.34. The smallest absolute Gasteiger partial charge is 0.235 e. The van der Waals surface area contributed by atoms with Crippen molar-refractivity contribution in [1.29, 1.82) is 0 Å². The van der Waals surface area contributed by atoms with Crippen LogP contribution in [0.2, 0.25) is 0 Å². The van der Waals surface area contributed by atoms with Crippen LogP contribution in [0.1, 0.15) is 13.8 Å². The highest BCUT2D eigenvalue weighted by atomic mass is 32.2. The van der Waals surface area contributed by atoms with Crippen LogP contribution in [-0.4, -0.2) is 32.7 Å². The van der Waals surface area contributed by atoms with Gasteiger partial charge >= 0.3 is 0 Å². The van der Waals surface area contributed by atoms with Crippen molar-refractivity contribution in [2.75, 3.05) is 23.7 Å². The van der Waals surface area contributed by atoms with Crippen LogP contribution in [0.3, 0.4) is 0 Å². The zero-order valence-corrected chi connectivity index (χ0v) is 10.7. The largest absolute Gasteiger partial charge is 0.376 e. The van der Waals surface area contributed by atoms with E-state index in [0.717, 1.165) is 5.69 Å². The topological polar surface area (TPSA) is 62.3 Å². The van der Waals surface area contributed by atoms with Crippen LogP contribution in [0, 0.1) is 0 Å². The number of rotatable bonds is 4. The van der Waals surface area contributed by atoms with Gasteiger partial charge in [0.2, 0.25) is 10.0 Å². The highest BCUT2D eigenvalue weighted by Gasteiger charge is 2.17. The molecule has 0 aliphatic rings. The van der Waals surface area contributed by atoms with Gasteiger partial charge in [0.05, 0.1) is 22.8 Å². The van der Waals surface area contributed by atoms with Crippen LogP contribution in [-0.2, 0) is 10.0 Å². The number of pyridine rings is 1. The standard InChI is InChI=1S/C10H17N3O2S/c1-8(2)16(14,15)12-9-7-11-6-5-10(9)13(3)4/h5-8,12H,1-4H3. The maximum atomic E-state index is 11.7. The maximum absolute atomic E-state index is 11.7. The third kappa shape index (κ3) is 2.85. The molecule has 90 valence electrons. The second-order valence-electron chi connectivity index (χ2n) is 3.98. The summed E-state index contributed by atoms with van der Waals surface area (Å²) >= 11 is 0. The lowest BCUT2D eigenvalue weighted by atomic mass is 10.3. The molecule has 0 atom stereocenters. The monoisotopic (exact) mass is 243 g/mol. The van der Waals surface area contributed by atoms with Crippen molar-refractivity contribution in [1.82, 2.24) is 4.98 Å². The van der Waals surface area contributed by atoms with Crippen molar-refractivity contribution in [3.63, 3.8) is 0 Å². The highest BCUT2D eigenvalue weighted by molar-refractivity contribution is 7.93. The number of hydrogen-bond donors (Lipinski definition) is 1. The highest BCUT2D eigenvalue weighted by Crippen LogP contribution is 2.23. The second kappa shape index (κ2) is 4.69. The molecule has 5 nitrogen and oxygen atoms in total. The van der Waals surface area contributed by atoms with Gasteiger partial charge in [-0.15, -0.1) is 0 Å². The molecular formula is C10H17N3O2S. The summed E-state index contributed by atoms with van der Waals surface area (Å²) in [5, 5.41) is -0.470. The number of hydrogen-bond acceptors (Lipinski definition) is 4. The fraction of sp³-hybridized carbons (Fsp3) is 0.500. The van der Waals surface area contributed by atoms with Crippen LogP contribution in [0.15, 0.2) is 18.5 Å². The molecule has 0 fully saturated rings. The van der Waals surface area contributed by atoms with Gasteiger partial charge in [-0.25, -0.2) is 8.42 Å². The predicted molar refractivity (Wildman–Crippen MR) is 66.2 cm³/mol. The second-order valence-corrected chi connectivity index (χ2v) is 6.22. The van der Waals surface area contributed by atoms with Gasteiger partial charge < -0.3 is 4.90 Å². The minimum atomic E-state index is -3.32. The molecule has 0 saturated carbocycles. The van der Waals surface area contributed by atoms with Gasteiger partial charge in [0.15, 0.2) is 0 Å². The van der Waals surface area contributed by atoms with Gasteiger partial charge in [0, 0.05) is 20.3 Å². The van der Waals surface area contributed by atoms with Crippen LogP contribution < -0.4 is 9.62 Å². The Labute approximate surface area is 96.5 Å². The number of anilines is 2. The van der Waals surface area contributed by atoms with Crippen LogP contribution in [0.25, 0.3) is 0 Å². The van der Waals surface area contributed by atoms with E-state index in [-0.39, 0.29) is 0 Å². The molecule has 0 radical (unpaired) electrons. The van der Waals surface area contributed by atoms with E-state index in [0.29, 0.717) is 5.69 Å². The van der Waals surface area contributed by atoms with Crippen molar-refractivity contribution >= 4 is 21.4 Å². The molecule has 1 aromatic heterocycles. The fourth-order valence-corrected chi connectivity index (χ4v) is 1.83. The molecule has 0 aromatic carbocycles. The molecular weight excluding hydrogens is 226 g/mol. The zero-order valence-electron chi connectivity index (χ0n) is 9.93. The summed E-state index contributed by atoms with van der Waals surface area (Å²) in [5.41, 5.74) is 1.29. The number of nitrogens with one attached hydrogen (secondary N) is 1. The van der Waals surface area contributed by atoms with E-state index < -0.39 is 15.3 Å². The third-order valence-electron chi connectivity index (χ3n) is 2.15. The molecule has 0 amide bonds. The van der Waals surface area contributed by atoms with E-state index in [9.17, 15) is 8.42 Å². The van der Waals surface area contributed by atoms with E-state index in [2.05, 4.69) is 9.71 Å².